The average Bonchev–Trinajstić information content (AvgIpc) is 2.52. The van der Waals surface area contributed by atoms with Crippen molar-refractivity contribution in [2.24, 2.45) is 5.92 Å². The van der Waals surface area contributed by atoms with E-state index in [1.807, 2.05) is 6.08 Å². The monoisotopic (exact) mass is 307 g/mol. The van der Waals surface area contributed by atoms with Gasteiger partial charge >= 0.3 is 6.18 Å². The van der Waals surface area contributed by atoms with Gasteiger partial charge in [-0.15, -0.1) is 0 Å². The number of amides is 1. The van der Waals surface area contributed by atoms with Crippen molar-refractivity contribution in [1.29, 1.82) is 0 Å². The smallest absolute Gasteiger partial charge is 0.345 e. The molecule has 1 aromatic carbocycles. The van der Waals surface area contributed by atoms with E-state index in [1.54, 1.807) is 0 Å². The summed E-state index contributed by atoms with van der Waals surface area (Å²) >= 11 is 0. The summed E-state index contributed by atoms with van der Waals surface area (Å²) in [4.78, 5) is 11.8. The van der Waals surface area contributed by atoms with Crippen LogP contribution in [0.15, 0.2) is 36.4 Å². The van der Waals surface area contributed by atoms with Crippen molar-refractivity contribution < 1.29 is 18.0 Å². The summed E-state index contributed by atoms with van der Waals surface area (Å²) in [6, 6.07) is 4.83. The Bertz CT molecular complexity index is 623. The normalized spacial score (nSPS) is 17.5. The van der Waals surface area contributed by atoms with Crippen LogP contribution >= 0.6 is 0 Å². The van der Waals surface area contributed by atoms with Crippen LogP contribution in [0.3, 0.4) is 0 Å². The van der Waals surface area contributed by atoms with E-state index in [-0.39, 0.29) is 23.9 Å². The number of hydrogen-bond donors (Lipinski definition) is 1. The molecule has 2 nitrogen and oxygen atoms in total. The molecule has 1 aromatic rings. The Kier molecular flexibility index (Phi) is 5.26. The Morgan fingerprint density at radius 3 is 2.82 bits per heavy atom. The van der Waals surface area contributed by atoms with Crippen LogP contribution in [0, 0.1) is 17.8 Å². The van der Waals surface area contributed by atoms with Gasteiger partial charge in [-0.3, -0.25) is 4.79 Å². The summed E-state index contributed by atoms with van der Waals surface area (Å²) < 4.78 is 37.7. The predicted molar refractivity (Wildman–Crippen MR) is 77.8 cm³/mol. The average molecular weight is 307 g/mol. The molecular formula is C17H16F3NO. The van der Waals surface area contributed by atoms with E-state index in [1.165, 1.54) is 12.1 Å². The highest BCUT2D eigenvalue weighted by Gasteiger charge is 2.30. The first-order valence-corrected chi connectivity index (χ1v) is 7.05. The van der Waals surface area contributed by atoms with Crippen LogP contribution in [0.5, 0.6) is 0 Å². The standard InChI is InChI=1S/C17H16F3NO/c18-17(19,20)15-10-4-6-13(12-15)7-5-11-21-16(22)14-8-2-1-3-9-14/h1-2,4,6,10,12,14H,3,8-9,11H2,(H,21,22). The van der Waals surface area contributed by atoms with E-state index in [0.29, 0.717) is 0 Å². The molecule has 22 heavy (non-hydrogen) atoms. The molecule has 1 aliphatic carbocycles. The van der Waals surface area contributed by atoms with Gasteiger partial charge in [0.15, 0.2) is 0 Å². The maximum Gasteiger partial charge on any atom is 0.416 e. The second-order valence-corrected chi connectivity index (χ2v) is 5.08. The van der Waals surface area contributed by atoms with E-state index in [9.17, 15) is 18.0 Å². The minimum atomic E-state index is -4.37. The molecule has 0 bridgehead atoms. The van der Waals surface area contributed by atoms with Crippen molar-refractivity contribution in [3.8, 4) is 11.8 Å². The fourth-order valence-electron chi connectivity index (χ4n) is 2.23. The van der Waals surface area contributed by atoms with Crippen LogP contribution in [0.4, 0.5) is 13.2 Å². The largest absolute Gasteiger partial charge is 0.416 e. The molecule has 2 rings (SSSR count). The molecule has 1 aliphatic rings. The number of benzene rings is 1. The first-order valence-electron chi connectivity index (χ1n) is 7.05. The van der Waals surface area contributed by atoms with E-state index >= 15 is 0 Å². The number of carbonyl (C=O) groups is 1. The van der Waals surface area contributed by atoms with Gasteiger partial charge in [-0.05, 0) is 37.5 Å². The molecule has 1 amide bonds. The molecule has 0 radical (unpaired) electrons. The molecule has 0 saturated heterocycles. The molecule has 0 saturated carbocycles. The zero-order valence-corrected chi connectivity index (χ0v) is 11.9. The van der Waals surface area contributed by atoms with E-state index in [2.05, 4.69) is 23.2 Å². The predicted octanol–water partition coefficient (Wildman–Crippen LogP) is 3.53. The number of hydrogen-bond acceptors (Lipinski definition) is 1. The molecular weight excluding hydrogens is 291 g/mol. The van der Waals surface area contributed by atoms with Gasteiger partial charge in [0.2, 0.25) is 5.91 Å². The van der Waals surface area contributed by atoms with Crippen LogP contribution in [0.1, 0.15) is 30.4 Å². The molecule has 5 heteroatoms. The molecule has 0 spiro atoms. The Balaban J connectivity index is 1.89. The third-order valence-electron chi connectivity index (χ3n) is 3.41. The highest BCUT2D eigenvalue weighted by Crippen LogP contribution is 2.29. The minimum Gasteiger partial charge on any atom is -0.345 e. The number of allylic oxidation sites excluding steroid dienone is 2. The maximum absolute atomic E-state index is 12.6. The lowest BCUT2D eigenvalue weighted by atomic mass is 9.94. The summed E-state index contributed by atoms with van der Waals surface area (Å²) in [6.45, 7) is 0.134. The summed E-state index contributed by atoms with van der Waals surface area (Å²) in [5.74, 6) is 5.24. The van der Waals surface area contributed by atoms with E-state index < -0.39 is 11.7 Å². The summed E-state index contributed by atoms with van der Waals surface area (Å²) in [5.41, 5.74) is -0.443. The maximum atomic E-state index is 12.6. The van der Waals surface area contributed by atoms with Gasteiger partial charge < -0.3 is 5.32 Å². The van der Waals surface area contributed by atoms with Crippen LogP contribution in [0.2, 0.25) is 0 Å². The lowest BCUT2D eigenvalue weighted by Gasteiger charge is -2.16. The third kappa shape index (κ3) is 4.66. The fourth-order valence-corrected chi connectivity index (χ4v) is 2.23. The van der Waals surface area contributed by atoms with Crippen LogP contribution in [0.25, 0.3) is 0 Å². The van der Waals surface area contributed by atoms with E-state index in [0.717, 1.165) is 31.4 Å². The summed E-state index contributed by atoms with van der Waals surface area (Å²) in [6.07, 6.45) is 2.12. The first-order chi connectivity index (χ1) is 10.5. The third-order valence-corrected chi connectivity index (χ3v) is 3.41. The molecule has 0 aromatic heterocycles. The lowest BCUT2D eigenvalue weighted by molar-refractivity contribution is -0.137. The Hall–Kier alpha value is -2.22. The number of carbonyl (C=O) groups excluding carboxylic acids is 1. The molecule has 0 aliphatic heterocycles. The van der Waals surface area contributed by atoms with Crippen LogP contribution in [-0.4, -0.2) is 12.5 Å². The van der Waals surface area contributed by atoms with Gasteiger partial charge in [0.25, 0.3) is 0 Å². The zero-order chi connectivity index (χ0) is 16.0. The number of nitrogens with one attached hydrogen (secondary N) is 1. The second kappa shape index (κ2) is 7.17. The van der Waals surface area contributed by atoms with Gasteiger partial charge in [0.05, 0.1) is 12.1 Å². The van der Waals surface area contributed by atoms with E-state index in [4.69, 9.17) is 0 Å². The first kappa shape index (κ1) is 16.2. The number of rotatable bonds is 2. The van der Waals surface area contributed by atoms with Crippen molar-refractivity contribution in [1.82, 2.24) is 5.32 Å². The highest BCUT2D eigenvalue weighted by molar-refractivity contribution is 5.79. The van der Waals surface area contributed by atoms with Crippen molar-refractivity contribution in [2.75, 3.05) is 6.54 Å². The highest BCUT2D eigenvalue weighted by atomic mass is 19.4. The zero-order valence-electron chi connectivity index (χ0n) is 11.9. The van der Waals surface area contributed by atoms with Gasteiger partial charge in [0.1, 0.15) is 0 Å². The van der Waals surface area contributed by atoms with Crippen LogP contribution < -0.4 is 5.32 Å². The minimum absolute atomic E-state index is 0.0274. The fraction of sp³-hybridized carbons (Fsp3) is 0.353. The summed E-state index contributed by atoms with van der Waals surface area (Å²) in [5, 5.41) is 2.70. The topological polar surface area (TPSA) is 29.1 Å². The van der Waals surface area contributed by atoms with Crippen molar-refractivity contribution >= 4 is 5.91 Å². The SMILES string of the molecule is O=C(NCC#Cc1cccc(C(F)(F)F)c1)C1CC=CCC1. The van der Waals surface area contributed by atoms with Crippen LogP contribution in [-0.2, 0) is 11.0 Å². The van der Waals surface area contributed by atoms with Gasteiger partial charge in [-0.1, -0.05) is 30.1 Å². The van der Waals surface area contributed by atoms with Crippen molar-refractivity contribution in [2.45, 2.75) is 25.4 Å². The summed E-state index contributed by atoms with van der Waals surface area (Å²) in [7, 11) is 0. The quantitative estimate of drug-likeness (QED) is 0.657. The van der Waals surface area contributed by atoms with Gasteiger partial charge in [-0.2, -0.15) is 13.2 Å². The second-order valence-electron chi connectivity index (χ2n) is 5.08. The van der Waals surface area contributed by atoms with Crippen molar-refractivity contribution in [3.63, 3.8) is 0 Å². The molecule has 116 valence electrons. The Labute approximate surface area is 127 Å². The molecule has 0 heterocycles. The number of alkyl halides is 3. The molecule has 0 fully saturated rings. The Morgan fingerprint density at radius 1 is 1.32 bits per heavy atom. The molecule has 1 unspecified atom stereocenters. The molecule has 1 atom stereocenters. The van der Waals surface area contributed by atoms with Gasteiger partial charge in [-0.25, -0.2) is 0 Å². The lowest BCUT2D eigenvalue weighted by Crippen LogP contribution is -2.31. The number of halogens is 3. The van der Waals surface area contributed by atoms with Crippen molar-refractivity contribution in [3.05, 3.63) is 47.5 Å². The molecule has 1 N–H and O–H groups in total. The Morgan fingerprint density at radius 2 is 2.14 bits per heavy atom. The van der Waals surface area contributed by atoms with Gasteiger partial charge in [0, 0.05) is 11.5 Å².